The van der Waals surface area contributed by atoms with Gasteiger partial charge in [0, 0.05) is 22.4 Å². The number of amidine groups is 1. The van der Waals surface area contributed by atoms with Gasteiger partial charge in [-0.15, -0.1) is 0 Å². The van der Waals surface area contributed by atoms with Gasteiger partial charge in [-0.1, -0.05) is 16.8 Å². The van der Waals surface area contributed by atoms with Crippen molar-refractivity contribution in [2.75, 3.05) is 0 Å². The van der Waals surface area contributed by atoms with Gasteiger partial charge in [-0.2, -0.15) is 0 Å². The summed E-state index contributed by atoms with van der Waals surface area (Å²) in [5.74, 6) is 0.482. The Bertz CT molecular complexity index is 636. The minimum Gasteiger partial charge on any atom is -0.436 e. The molecule has 0 aliphatic rings. The molecular formula is C11H8BrClN4O2. The average molecular weight is 344 g/mol. The van der Waals surface area contributed by atoms with Crippen LogP contribution in [-0.4, -0.2) is 21.0 Å². The fourth-order valence-corrected chi connectivity index (χ4v) is 1.90. The Hall–Kier alpha value is -1.86. The van der Waals surface area contributed by atoms with E-state index in [9.17, 15) is 0 Å². The third-order valence-corrected chi connectivity index (χ3v) is 2.93. The average Bonchev–Trinajstić information content (AvgIpc) is 2.40. The lowest BCUT2D eigenvalue weighted by atomic mass is 10.2. The topological polar surface area (TPSA) is 93.6 Å². The molecule has 0 aliphatic heterocycles. The number of halogens is 2. The highest BCUT2D eigenvalue weighted by atomic mass is 79.9. The zero-order valence-corrected chi connectivity index (χ0v) is 11.8. The first-order valence-corrected chi connectivity index (χ1v) is 6.19. The van der Waals surface area contributed by atoms with Crippen molar-refractivity contribution in [2.24, 2.45) is 10.9 Å². The largest absolute Gasteiger partial charge is 0.436 e. The molecule has 98 valence electrons. The van der Waals surface area contributed by atoms with Crippen LogP contribution in [0.4, 0.5) is 0 Å². The predicted molar refractivity (Wildman–Crippen MR) is 73.8 cm³/mol. The van der Waals surface area contributed by atoms with E-state index < -0.39 is 0 Å². The second-order valence-electron chi connectivity index (χ2n) is 3.40. The first-order valence-electron chi connectivity index (χ1n) is 5.02. The molecule has 0 saturated carbocycles. The SMILES string of the molecule is N/C(=N/O)c1ccnc(Oc2cncc(Br)c2)c1Cl. The van der Waals surface area contributed by atoms with Gasteiger partial charge in [0.15, 0.2) is 5.84 Å². The second-order valence-corrected chi connectivity index (χ2v) is 4.70. The van der Waals surface area contributed by atoms with E-state index in [1.54, 1.807) is 12.3 Å². The minimum absolute atomic E-state index is 0.121. The molecule has 0 aromatic carbocycles. The van der Waals surface area contributed by atoms with Crippen LogP contribution in [0, 0.1) is 0 Å². The van der Waals surface area contributed by atoms with Gasteiger partial charge in [0.2, 0.25) is 5.88 Å². The lowest BCUT2D eigenvalue weighted by Crippen LogP contribution is -2.14. The van der Waals surface area contributed by atoms with Crippen molar-refractivity contribution >= 4 is 33.4 Å². The van der Waals surface area contributed by atoms with Crippen LogP contribution in [0.3, 0.4) is 0 Å². The van der Waals surface area contributed by atoms with Crippen LogP contribution in [0.15, 0.2) is 40.4 Å². The molecule has 0 aliphatic carbocycles. The molecule has 2 aromatic heterocycles. The molecule has 2 heterocycles. The first-order chi connectivity index (χ1) is 9.11. The van der Waals surface area contributed by atoms with Crippen molar-refractivity contribution in [1.29, 1.82) is 0 Å². The molecule has 2 rings (SSSR count). The summed E-state index contributed by atoms with van der Waals surface area (Å²) in [6.07, 6.45) is 4.58. The summed E-state index contributed by atoms with van der Waals surface area (Å²) < 4.78 is 6.26. The Morgan fingerprint density at radius 1 is 1.47 bits per heavy atom. The molecule has 3 N–H and O–H groups in total. The number of pyridine rings is 2. The van der Waals surface area contributed by atoms with Gasteiger partial charge in [0.05, 0.1) is 6.20 Å². The van der Waals surface area contributed by atoms with Gasteiger partial charge in [-0.3, -0.25) is 4.98 Å². The van der Waals surface area contributed by atoms with E-state index in [1.165, 1.54) is 18.5 Å². The van der Waals surface area contributed by atoms with Gasteiger partial charge in [0.25, 0.3) is 0 Å². The van der Waals surface area contributed by atoms with Gasteiger partial charge in [0.1, 0.15) is 10.8 Å². The molecule has 19 heavy (non-hydrogen) atoms. The van der Waals surface area contributed by atoms with E-state index in [4.69, 9.17) is 27.3 Å². The molecule has 0 radical (unpaired) electrons. The monoisotopic (exact) mass is 342 g/mol. The summed E-state index contributed by atoms with van der Waals surface area (Å²) in [4.78, 5) is 7.94. The highest BCUT2D eigenvalue weighted by molar-refractivity contribution is 9.10. The number of hydrogen-bond acceptors (Lipinski definition) is 5. The molecule has 0 amide bonds. The molecule has 0 atom stereocenters. The Balaban J connectivity index is 2.36. The van der Waals surface area contributed by atoms with Crippen LogP contribution in [0.2, 0.25) is 5.02 Å². The fourth-order valence-electron chi connectivity index (χ4n) is 1.31. The van der Waals surface area contributed by atoms with E-state index in [0.717, 1.165) is 4.47 Å². The number of rotatable bonds is 3. The minimum atomic E-state index is -0.121. The third-order valence-electron chi connectivity index (χ3n) is 2.14. The maximum Gasteiger partial charge on any atom is 0.238 e. The van der Waals surface area contributed by atoms with Crippen LogP contribution in [0.25, 0.3) is 0 Å². The number of nitrogens with two attached hydrogens (primary N) is 1. The highest BCUT2D eigenvalue weighted by Gasteiger charge is 2.13. The van der Waals surface area contributed by atoms with Crippen LogP contribution in [-0.2, 0) is 0 Å². The first kappa shape index (κ1) is 13.6. The molecule has 2 aromatic rings. The quantitative estimate of drug-likeness (QED) is 0.387. The summed E-state index contributed by atoms with van der Waals surface area (Å²) in [7, 11) is 0. The van der Waals surface area contributed by atoms with E-state index in [0.29, 0.717) is 11.3 Å². The zero-order chi connectivity index (χ0) is 13.8. The van der Waals surface area contributed by atoms with E-state index in [2.05, 4.69) is 31.1 Å². The van der Waals surface area contributed by atoms with Crippen molar-refractivity contribution in [2.45, 2.75) is 0 Å². The Kier molecular flexibility index (Phi) is 4.18. The van der Waals surface area contributed by atoms with Gasteiger partial charge in [-0.25, -0.2) is 4.98 Å². The van der Waals surface area contributed by atoms with Crippen LogP contribution in [0.5, 0.6) is 11.6 Å². The molecule has 6 nitrogen and oxygen atoms in total. The number of ether oxygens (including phenoxy) is 1. The fraction of sp³-hybridized carbons (Fsp3) is 0. The van der Waals surface area contributed by atoms with Gasteiger partial charge >= 0.3 is 0 Å². The van der Waals surface area contributed by atoms with Gasteiger partial charge < -0.3 is 15.7 Å². The normalized spacial score (nSPS) is 11.4. The maximum atomic E-state index is 8.66. The molecule has 0 saturated heterocycles. The van der Waals surface area contributed by atoms with Crippen molar-refractivity contribution in [3.05, 3.63) is 45.8 Å². The van der Waals surface area contributed by atoms with Crippen LogP contribution in [0.1, 0.15) is 5.56 Å². The van der Waals surface area contributed by atoms with Crippen molar-refractivity contribution in [3.63, 3.8) is 0 Å². The third kappa shape index (κ3) is 3.12. The maximum absolute atomic E-state index is 8.66. The summed E-state index contributed by atoms with van der Waals surface area (Å²) >= 11 is 9.36. The number of oxime groups is 1. The molecule has 0 spiro atoms. The smallest absolute Gasteiger partial charge is 0.238 e. The predicted octanol–water partition coefficient (Wildman–Crippen LogP) is 2.78. The summed E-state index contributed by atoms with van der Waals surface area (Å²) in [5.41, 5.74) is 5.82. The second kappa shape index (κ2) is 5.85. The summed E-state index contributed by atoms with van der Waals surface area (Å²) in [5, 5.41) is 11.7. The molecule has 0 bridgehead atoms. The number of hydrogen-bond donors (Lipinski definition) is 2. The van der Waals surface area contributed by atoms with Crippen LogP contribution < -0.4 is 10.5 Å². The highest BCUT2D eigenvalue weighted by Crippen LogP contribution is 2.30. The standard InChI is InChI=1S/C11H8BrClN4O2/c12-6-3-7(5-15-4-6)19-11-9(13)8(1-2-16-11)10(14)17-18/h1-5,18H,(H2,14,17). The van der Waals surface area contributed by atoms with Gasteiger partial charge in [-0.05, 0) is 28.1 Å². The van der Waals surface area contributed by atoms with E-state index in [1.807, 2.05) is 0 Å². The molecule has 0 fully saturated rings. The Morgan fingerprint density at radius 2 is 2.26 bits per heavy atom. The number of aromatic nitrogens is 2. The zero-order valence-electron chi connectivity index (χ0n) is 9.42. The number of nitrogens with zero attached hydrogens (tertiary/aromatic N) is 3. The van der Waals surface area contributed by atoms with Crippen molar-refractivity contribution in [3.8, 4) is 11.6 Å². The van der Waals surface area contributed by atoms with Crippen molar-refractivity contribution in [1.82, 2.24) is 9.97 Å². The molecule has 0 unspecified atom stereocenters. The molecular weight excluding hydrogens is 336 g/mol. The lowest BCUT2D eigenvalue weighted by molar-refractivity contribution is 0.318. The van der Waals surface area contributed by atoms with Crippen molar-refractivity contribution < 1.29 is 9.94 Å². The summed E-state index contributed by atoms with van der Waals surface area (Å²) in [6.45, 7) is 0. The Labute approximate surface area is 122 Å². The van der Waals surface area contributed by atoms with E-state index >= 15 is 0 Å². The lowest BCUT2D eigenvalue weighted by Gasteiger charge is -2.08. The molecule has 8 heteroatoms. The van der Waals surface area contributed by atoms with Crippen LogP contribution >= 0.6 is 27.5 Å². The Morgan fingerprint density at radius 3 is 2.95 bits per heavy atom. The summed E-state index contributed by atoms with van der Waals surface area (Å²) in [6, 6.07) is 3.23. The van der Waals surface area contributed by atoms with E-state index in [-0.39, 0.29) is 16.7 Å².